The maximum absolute atomic E-state index is 11.8. The Kier molecular flexibility index (Phi) is 5.45. The molecule has 0 heterocycles. The average Bonchev–Trinajstić information content (AvgIpc) is 2.22. The van der Waals surface area contributed by atoms with E-state index in [4.69, 9.17) is 11.6 Å². The number of rotatable bonds is 5. The summed E-state index contributed by atoms with van der Waals surface area (Å²) in [6.07, 6.45) is 0.468. The zero-order valence-corrected chi connectivity index (χ0v) is 11.3. The molecule has 0 saturated heterocycles. The second-order valence-corrected chi connectivity index (χ2v) is 4.61. The Balaban J connectivity index is 2.56. The third kappa shape index (κ3) is 4.75. The number of carbonyl (C=O) groups excluding carboxylic acids is 1. The molecule has 0 aliphatic carbocycles. The molecule has 1 aromatic carbocycles. The van der Waals surface area contributed by atoms with E-state index in [1.54, 1.807) is 6.07 Å². The Morgan fingerprint density at radius 1 is 1.47 bits per heavy atom. The van der Waals surface area contributed by atoms with Crippen molar-refractivity contribution in [3.05, 3.63) is 28.8 Å². The first-order valence-corrected chi connectivity index (χ1v) is 6.20. The van der Waals surface area contributed by atoms with E-state index >= 15 is 0 Å². The molecule has 1 atom stereocenters. The van der Waals surface area contributed by atoms with Gasteiger partial charge >= 0.3 is 0 Å². The zero-order chi connectivity index (χ0) is 12.8. The summed E-state index contributed by atoms with van der Waals surface area (Å²) in [7, 11) is 0. The average molecular weight is 255 g/mol. The highest BCUT2D eigenvalue weighted by Crippen LogP contribution is 2.19. The van der Waals surface area contributed by atoms with Gasteiger partial charge in [0, 0.05) is 23.2 Å². The molecule has 1 amide bonds. The van der Waals surface area contributed by atoms with Gasteiger partial charge in [0.2, 0.25) is 5.91 Å². The molecule has 1 rings (SSSR count). The molecular weight excluding hydrogens is 236 g/mol. The van der Waals surface area contributed by atoms with Crippen LogP contribution in [0, 0.1) is 6.92 Å². The summed E-state index contributed by atoms with van der Waals surface area (Å²) in [5.74, 6) is 0.0175. The lowest BCUT2D eigenvalue weighted by atomic mass is 10.2. The zero-order valence-electron chi connectivity index (χ0n) is 10.5. The van der Waals surface area contributed by atoms with E-state index in [1.807, 2.05) is 32.9 Å². The summed E-state index contributed by atoms with van der Waals surface area (Å²) < 4.78 is 0. The number of hydrogen-bond acceptors (Lipinski definition) is 2. The van der Waals surface area contributed by atoms with Crippen molar-refractivity contribution >= 4 is 23.2 Å². The monoisotopic (exact) mass is 254 g/mol. The predicted molar refractivity (Wildman–Crippen MR) is 72.6 cm³/mol. The van der Waals surface area contributed by atoms with Crippen molar-refractivity contribution in [1.82, 2.24) is 5.32 Å². The summed E-state index contributed by atoms with van der Waals surface area (Å²) in [6, 6.07) is 5.63. The van der Waals surface area contributed by atoms with Crippen LogP contribution in [0.1, 0.15) is 25.8 Å². The maximum atomic E-state index is 11.8. The third-order valence-electron chi connectivity index (χ3n) is 2.51. The Morgan fingerprint density at radius 3 is 2.76 bits per heavy atom. The Bertz CT molecular complexity index is 393. The van der Waals surface area contributed by atoms with Crippen LogP contribution in [0.5, 0.6) is 0 Å². The van der Waals surface area contributed by atoms with Gasteiger partial charge in [-0.05, 0) is 44.2 Å². The van der Waals surface area contributed by atoms with Gasteiger partial charge in [-0.2, -0.15) is 0 Å². The predicted octanol–water partition coefficient (Wildman–Crippen LogP) is 2.98. The van der Waals surface area contributed by atoms with Crippen LogP contribution in [-0.2, 0) is 4.79 Å². The van der Waals surface area contributed by atoms with Crippen LogP contribution in [0.3, 0.4) is 0 Å². The highest BCUT2D eigenvalue weighted by molar-refractivity contribution is 6.30. The van der Waals surface area contributed by atoms with E-state index < -0.39 is 0 Å². The molecule has 0 saturated carbocycles. The highest BCUT2D eigenvalue weighted by atomic mass is 35.5. The third-order valence-corrected chi connectivity index (χ3v) is 2.74. The number of benzene rings is 1. The van der Waals surface area contributed by atoms with Crippen LogP contribution in [0.2, 0.25) is 5.02 Å². The Hall–Kier alpha value is -1.06. The smallest absolute Gasteiger partial charge is 0.225 e. The van der Waals surface area contributed by atoms with Gasteiger partial charge in [-0.3, -0.25) is 4.79 Å². The van der Waals surface area contributed by atoms with E-state index in [0.717, 1.165) is 17.8 Å². The minimum Gasteiger partial charge on any atom is -0.326 e. The molecular formula is C13H19ClN2O. The summed E-state index contributed by atoms with van der Waals surface area (Å²) >= 11 is 5.86. The van der Waals surface area contributed by atoms with Gasteiger partial charge in [0.25, 0.3) is 0 Å². The first kappa shape index (κ1) is 14.0. The fraction of sp³-hybridized carbons (Fsp3) is 0.462. The standard InChI is InChI=1S/C13H19ClN2O/c1-4-15-10(3)8-13(17)16-12-6-5-11(14)7-9(12)2/h5-7,10,15H,4,8H2,1-3H3,(H,16,17). The maximum Gasteiger partial charge on any atom is 0.225 e. The van der Waals surface area contributed by atoms with Crippen molar-refractivity contribution in [1.29, 1.82) is 0 Å². The van der Waals surface area contributed by atoms with Crippen LogP contribution in [0.25, 0.3) is 0 Å². The minimum absolute atomic E-state index is 0.0175. The lowest BCUT2D eigenvalue weighted by Gasteiger charge is -2.13. The second-order valence-electron chi connectivity index (χ2n) is 4.17. The highest BCUT2D eigenvalue weighted by Gasteiger charge is 2.09. The Morgan fingerprint density at radius 2 is 2.18 bits per heavy atom. The van der Waals surface area contributed by atoms with Gasteiger partial charge < -0.3 is 10.6 Å². The van der Waals surface area contributed by atoms with Crippen LogP contribution < -0.4 is 10.6 Å². The fourth-order valence-corrected chi connectivity index (χ4v) is 1.89. The van der Waals surface area contributed by atoms with Crippen molar-refractivity contribution in [2.24, 2.45) is 0 Å². The van der Waals surface area contributed by atoms with Crippen LogP contribution in [0.15, 0.2) is 18.2 Å². The van der Waals surface area contributed by atoms with Crippen molar-refractivity contribution in [2.45, 2.75) is 33.2 Å². The minimum atomic E-state index is 0.0175. The van der Waals surface area contributed by atoms with E-state index in [1.165, 1.54) is 0 Å². The molecule has 17 heavy (non-hydrogen) atoms. The summed E-state index contributed by atoms with van der Waals surface area (Å²) in [5, 5.41) is 6.78. The SMILES string of the molecule is CCNC(C)CC(=O)Nc1ccc(Cl)cc1C. The molecule has 3 nitrogen and oxygen atoms in total. The molecule has 0 aliphatic heterocycles. The quantitative estimate of drug-likeness (QED) is 0.848. The van der Waals surface area contributed by atoms with E-state index in [0.29, 0.717) is 11.4 Å². The molecule has 0 aliphatic rings. The molecule has 2 N–H and O–H groups in total. The fourth-order valence-electron chi connectivity index (χ4n) is 1.67. The molecule has 94 valence electrons. The van der Waals surface area contributed by atoms with E-state index in [-0.39, 0.29) is 11.9 Å². The lowest BCUT2D eigenvalue weighted by Crippen LogP contribution is -2.30. The molecule has 0 bridgehead atoms. The van der Waals surface area contributed by atoms with Crippen molar-refractivity contribution in [3.63, 3.8) is 0 Å². The van der Waals surface area contributed by atoms with E-state index in [9.17, 15) is 4.79 Å². The first-order chi connectivity index (χ1) is 8.02. The van der Waals surface area contributed by atoms with Crippen LogP contribution in [-0.4, -0.2) is 18.5 Å². The number of aryl methyl sites for hydroxylation is 1. The van der Waals surface area contributed by atoms with Crippen molar-refractivity contribution < 1.29 is 4.79 Å². The number of carbonyl (C=O) groups is 1. The van der Waals surface area contributed by atoms with Crippen molar-refractivity contribution in [2.75, 3.05) is 11.9 Å². The molecule has 0 spiro atoms. The largest absolute Gasteiger partial charge is 0.326 e. The van der Waals surface area contributed by atoms with E-state index in [2.05, 4.69) is 10.6 Å². The number of hydrogen-bond donors (Lipinski definition) is 2. The van der Waals surface area contributed by atoms with Crippen LogP contribution in [0.4, 0.5) is 5.69 Å². The molecule has 1 aromatic rings. The van der Waals surface area contributed by atoms with Gasteiger partial charge in [-0.25, -0.2) is 0 Å². The number of halogens is 1. The van der Waals surface area contributed by atoms with Gasteiger partial charge in [-0.1, -0.05) is 18.5 Å². The summed E-state index contributed by atoms with van der Waals surface area (Å²) in [5.41, 5.74) is 1.80. The first-order valence-electron chi connectivity index (χ1n) is 5.82. The number of anilines is 1. The topological polar surface area (TPSA) is 41.1 Å². The van der Waals surface area contributed by atoms with Gasteiger partial charge in [0.1, 0.15) is 0 Å². The van der Waals surface area contributed by atoms with Gasteiger partial charge in [0.05, 0.1) is 0 Å². The molecule has 0 radical (unpaired) electrons. The van der Waals surface area contributed by atoms with Gasteiger partial charge in [-0.15, -0.1) is 0 Å². The van der Waals surface area contributed by atoms with Crippen LogP contribution >= 0.6 is 11.6 Å². The second kappa shape index (κ2) is 6.62. The summed E-state index contributed by atoms with van der Waals surface area (Å²) in [6.45, 7) is 6.82. The molecule has 1 unspecified atom stereocenters. The normalized spacial score (nSPS) is 12.2. The number of nitrogens with one attached hydrogen (secondary N) is 2. The summed E-state index contributed by atoms with van der Waals surface area (Å²) in [4.78, 5) is 11.8. The lowest BCUT2D eigenvalue weighted by molar-refractivity contribution is -0.116. The number of amides is 1. The Labute approximate surface area is 108 Å². The van der Waals surface area contributed by atoms with Gasteiger partial charge in [0.15, 0.2) is 0 Å². The molecule has 0 aromatic heterocycles. The molecule has 0 fully saturated rings. The van der Waals surface area contributed by atoms with Crippen molar-refractivity contribution in [3.8, 4) is 0 Å². The molecule has 4 heteroatoms.